The minimum Gasteiger partial charge on any atom is -0.444 e. The third-order valence-corrected chi connectivity index (χ3v) is 2.69. The Hall–Kier alpha value is -2.25. The molecule has 0 saturated carbocycles. The van der Waals surface area contributed by atoms with Gasteiger partial charge in [-0.15, -0.1) is 0 Å². The topological polar surface area (TPSA) is 111 Å². The van der Waals surface area contributed by atoms with Gasteiger partial charge >= 0.3 is 6.09 Å². The molecule has 0 aromatic carbocycles. The molecular formula is C14H25N5O3. The summed E-state index contributed by atoms with van der Waals surface area (Å²) in [6.45, 7) is 8.69. The zero-order valence-electron chi connectivity index (χ0n) is 13.6. The van der Waals surface area contributed by atoms with Gasteiger partial charge in [0.25, 0.3) is 5.91 Å². The van der Waals surface area contributed by atoms with Crippen LogP contribution in [0.25, 0.3) is 0 Å². The molecule has 0 unspecified atom stereocenters. The molecule has 22 heavy (non-hydrogen) atoms. The van der Waals surface area contributed by atoms with E-state index in [-0.39, 0.29) is 5.91 Å². The van der Waals surface area contributed by atoms with Gasteiger partial charge in [-0.1, -0.05) is 0 Å². The molecule has 0 aliphatic heterocycles. The molecule has 1 heterocycles. The van der Waals surface area contributed by atoms with E-state index >= 15 is 0 Å². The van der Waals surface area contributed by atoms with Crippen molar-refractivity contribution in [3.05, 3.63) is 11.9 Å². The first kappa shape index (κ1) is 17.8. The number of aryl methyl sites for hydroxylation is 1. The third-order valence-electron chi connectivity index (χ3n) is 2.69. The van der Waals surface area contributed by atoms with E-state index in [0.29, 0.717) is 37.4 Å². The lowest BCUT2D eigenvalue weighted by Crippen LogP contribution is -2.34. The van der Waals surface area contributed by atoms with Crippen LogP contribution in [0.1, 0.15) is 44.6 Å². The Morgan fingerprint density at radius 1 is 1.32 bits per heavy atom. The van der Waals surface area contributed by atoms with Gasteiger partial charge in [-0.2, -0.15) is 5.10 Å². The normalized spacial score (nSPS) is 11.1. The lowest BCUT2D eigenvalue weighted by Gasteiger charge is -2.19. The molecule has 0 aliphatic rings. The van der Waals surface area contributed by atoms with Gasteiger partial charge in [-0.25, -0.2) is 4.79 Å². The molecule has 8 nitrogen and oxygen atoms in total. The van der Waals surface area contributed by atoms with Crippen LogP contribution in [-0.4, -0.2) is 40.5 Å². The number of hydrogen-bond acceptors (Lipinski definition) is 5. The number of nitrogen functional groups attached to an aromatic ring is 1. The molecule has 1 aromatic heterocycles. The van der Waals surface area contributed by atoms with Crippen LogP contribution in [0.5, 0.6) is 0 Å². The summed E-state index contributed by atoms with van der Waals surface area (Å²) < 4.78 is 6.65. The SMILES string of the molecule is CCn1ncc(N)c1C(=O)NCCCNC(=O)OC(C)(C)C. The van der Waals surface area contributed by atoms with Gasteiger partial charge in [-0.3, -0.25) is 9.48 Å². The van der Waals surface area contributed by atoms with Gasteiger partial charge in [0.15, 0.2) is 0 Å². The van der Waals surface area contributed by atoms with Gasteiger partial charge in [0.2, 0.25) is 0 Å². The molecule has 8 heteroatoms. The van der Waals surface area contributed by atoms with Crippen molar-refractivity contribution in [1.82, 2.24) is 20.4 Å². The summed E-state index contributed by atoms with van der Waals surface area (Å²) in [7, 11) is 0. The minimum atomic E-state index is -0.519. The van der Waals surface area contributed by atoms with E-state index < -0.39 is 11.7 Å². The number of amides is 2. The summed E-state index contributed by atoms with van der Waals surface area (Å²) in [5.74, 6) is -0.269. The van der Waals surface area contributed by atoms with Crippen molar-refractivity contribution in [2.75, 3.05) is 18.8 Å². The Bertz CT molecular complexity index is 519. The number of nitrogens with two attached hydrogens (primary N) is 1. The predicted molar refractivity (Wildman–Crippen MR) is 83.5 cm³/mol. The van der Waals surface area contributed by atoms with Gasteiger partial charge in [0, 0.05) is 19.6 Å². The highest BCUT2D eigenvalue weighted by Crippen LogP contribution is 2.10. The number of nitrogens with zero attached hydrogens (tertiary/aromatic N) is 2. The van der Waals surface area contributed by atoms with Crippen LogP contribution in [0, 0.1) is 0 Å². The largest absolute Gasteiger partial charge is 0.444 e. The Labute approximate surface area is 130 Å². The molecule has 1 rings (SSSR count). The lowest BCUT2D eigenvalue weighted by molar-refractivity contribution is 0.0527. The van der Waals surface area contributed by atoms with Crippen LogP contribution in [-0.2, 0) is 11.3 Å². The average molecular weight is 311 g/mol. The molecule has 1 aromatic rings. The van der Waals surface area contributed by atoms with Gasteiger partial charge in [0.1, 0.15) is 11.3 Å². The fourth-order valence-electron chi connectivity index (χ4n) is 1.77. The molecule has 0 atom stereocenters. The Balaban J connectivity index is 2.29. The van der Waals surface area contributed by atoms with Crippen LogP contribution in [0.4, 0.5) is 10.5 Å². The number of aromatic nitrogens is 2. The smallest absolute Gasteiger partial charge is 0.407 e. The molecule has 0 bridgehead atoms. The van der Waals surface area contributed by atoms with E-state index in [0.717, 1.165) is 0 Å². The zero-order valence-corrected chi connectivity index (χ0v) is 13.6. The average Bonchev–Trinajstić information content (AvgIpc) is 2.77. The quantitative estimate of drug-likeness (QED) is 0.682. The van der Waals surface area contributed by atoms with Crippen LogP contribution in [0.2, 0.25) is 0 Å². The summed E-state index contributed by atoms with van der Waals surface area (Å²) >= 11 is 0. The molecule has 4 N–H and O–H groups in total. The van der Waals surface area contributed by atoms with Crippen molar-refractivity contribution in [3.8, 4) is 0 Å². The maximum atomic E-state index is 12.0. The van der Waals surface area contributed by atoms with Crippen molar-refractivity contribution in [3.63, 3.8) is 0 Å². The van der Waals surface area contributed by atoms with Crippen LogP contribution in [0.15, 0.2) is 6.20 Å². The second kappa shape index (κ2) is 7.67. The zero-order chi connectivity index (χ0) is 16.8. The Morgan fingerprint density at radius 3 is 2.55 bits per heavy atom. The minimum absolute atomic E-state index is 0.269. The van der Waals surface area contributed by atoms with Crippen LogP contribution in [0.3, 0.4) is 0 Å². The fourth-order valence-corrected chi connectivity index (χ4v) is 1.77. The Kier molecular flexibility index (Phi) is 6.21. The summed E-state index contributed by atoms with van der Waals surface area (Å²) in [4.78, 5) is 23.4. The Morgan fingerprint density at radius 2 is 1.95 bits per heavy atom. The van der Waals surface area contributed by atoms with Gasteiger partial charge < -0.3 is 21.1 Å². The first-order chi connectivity index (χ1) is 10.2. The molecule has 0 fully saturated rings. The van der Waals surface area contributed by atoms with E-state index in [4.69, 9.17) is 10.5 Å². The summed E-state index contributed by atoms with van der Waals surface area (Å²) in [6, 6.07) is 0. The van der Waals surface area contributed by atoms with Gasteiger partial charge in [0.05, 0.1) is 11.9 Å². The molecule has 2 amide bonds. The number of anilines is 1. The highest BCUT2D eigenvalue weighted by Gasteiger charge is 2.16. The van der Waals surface area contributed by atoms with Crippen LogP contribution >= 0.6 is 0 Å². The van der Waals surface area contributed by atoms with E-state index in [1.54, 1.807) is 25.5 Å². The molecule has 124 valence electrons. The molecule has 0 radical (unpaired) electrons. The van der Waals surface area contributed by atoms with E-state index in [2.05, 4.69) is 15.7 Å². The summed E-state index contributed by atoms with van der Waals surface area (Å²) in [5, 5.41) is 9.39. The van der Waals surface area contributed by atoms with Crippen molar-refractivity contribution in [1.29, 1.82) is 0 Å². The van der Waals surface area contributed by atoms with E-state index in [1.165, 1.54) is 6.20 Å². The molecule has 0 saturated heterocycles. The second-order valence-corrected chi connectivity index (χ2v) is 5.80. The maximum absolute atomic E-state index is 12.0. The van der Waals surface area contributed by atoms with Crippen LogP contribution < -0.4 is 16.4 Å². The second-order valence-electron chi connectivity index (χ2n) is 5.80. The number of alkyl carbamates (subject to hydrolysis) is 1. The van der Waals surface area contributed by atoms with Crippen molar-refractivity contribution >= 4 is 17.7 Å². The molecule has 0 spiro atoms. The highest BCUT2D eigenvalue weighted by atomic mass is 16.6. The first-order valence-corrected chi connectivity index (χ1v) is 7.31. The fraction of sp³-hybridized carbons (Fsp3) is 0.643. The maximum Gasteiger partial charge on any atom is 0.407 e. The standard InChI is InChI=1S/C14H25N5O3/c1-5-19-11(10(15)9-18-19)12(20)16-7-6-8-17-13(21)22-14(2,3)4/h9H,5-8,15H2,1-4H3,(H,16,20)(H,17,21). The number of carbonyl (C=O) groups is 2. The number of hydrogen-bond donors (Lipinski definition) is 3. The van der Waals surface area contributed by atoms with Crippen molar-refractivity contribution in [2.45, 2.75) is 46.3 Å². The number of nitrogens with one attached hydrogen (secondary N) is 2. The predicted octanol–water partition coefficient (Wildman–Crippen LogP) is 1.13. The molecular weight excluding hydrogens is 286 g/mol. The third kappa shape index (κ3) is 5.63. The summed E-state index contributed by atoms with van der Waals surface area (Å²) in [5.41, 5.74) is 5.93. The van der Waals surface area contributed by atoms with Gasteiger partial charge in [-0.05, 0) is 34.1 Å². The van der Waals surface area contributed by atoms with E-state index in [1.807, 2.05) is 6.92 Å². The van der Waals surface area contributed by atoms with Crippen molar-refractivity contribution < 1.29 is 14.3 Å². The van der Waals surface area contributed by atoms with Crippen molar-refractivity contribution in [2.24, 2.45) is 0 Å². The van der Waals surface area contributed by atoms with E-state index in [9.17, 15) is 9.59 Å². The summed E-state index contributed by atoms with van der Waals surface area (Å²) in [6.07, 6.45) is 1.58. The number of ether oxygens (including phenoxy) is 1. The highest BCUT2D eigenvalue weighted by molar-refractivity contribution is 5.97. The first-order valence-electron chi connectivity index (χ1n) is 7.31. The number of carbonyl (C=O) groups excluding carboxylic acids is 2. The molecule has 0 aliphatic carbocycles. The number of rotatable bonds is 6. The lowest BCUT2D eigenvalue weighted by atomic mass is 10.2. The monoisotopic (exact) mass is 311 g/mol.